The molecule has 1 unspecified atom stereocenters. The number of halogens is 4. The second-order valence-electron chi connectivity index (χ2n) is 4.79. The van der Waals surface area contributed by atoms with Crippen LogP contribution in [0.3, 0.4) is 0 Å². The van der Waals surface area contributed by atoms with Crippen LogP contribution in [0.4, 0.5) is 14.5 Å². The van der Waals surface area contributed by atoms with Gasteiger partial charge in [0.15, 0.2) is 5.82 Å². The molecule has 0 saturated carbocycles. The van der Waals surface area contributed by atoms with Gasteiger partial charge < -0.3 is 9.47 Å². The predicted molar refractivity (Wildman–Crippen MR) is 92.8 cm³/mol. The van der Waals surface area contributed by atoms with E-state index in [9.17, 15) is 17.2 Å². The van der Waals surface area contributed by atoms with Gasteiger partial charge in [0.05, 0.1) is 31.0 Å². The van der Waals surface area contributed by atoms with Crippen molar-refractivity contribution in [3.8, 4) is 11.8 Å². The highest BCUT2D eigenvalue weighted by Crippen LogP contribution is 2.38. The van der Waals surface area contributed by atoms with Gasteiger partial charge in [-0.25, -0.2) is 8.42 Å². The smallest absolute Gasteiger partial charge is 0.355 e. The molecule has 1 atom stereocenters. The third kappa shape index (κ3) is 4.43. The summed E-state index contributed by atoms with van der Waals surface area (Å²) < 4.78 is 60.3. The third-order valence-corrected chi connectivity index (χ3v) is 4.84. The Balaban J connectivity index is 2.54. The van der Waals surface area contributed by atoms with Crippen molar-refractivity contribution in [2.45, 2.75) is 11.1 Å². The van der Waals surface area contributed by atoms with Gasteiger partial charge in [0.2, 0.25) is 11.8 Å². The van der Waals surface area contributed by atoms with Crippen molar-refractivity contribution in [3.05, 3.63) is 40.7 Å². The maximum absolute atomic E-state index is 12.7. The lowest BCUT2D eigenvalue weighted by molar-refractivity contribution is 0.236. The van der Waals surface area contributed by atoms with Crippen LogP contribution in [0.1, 0.15) is 16.8 Å². The second kappa shape index (κ2) is 8.19. The molecule has 0 bridgehead atoms. The van der Waals surface area contributed by atoms with E-state index in [-0.39, 0.29) is 33.9 Å². The van der Waals surface area contributed by atoms with Crippen molar-refractivity contribution in [2.75, 3.05) is 18.9 Å². The zero-order chi connectivity index (χ0) is 19.5. The van der Waals surface area contributed by atoms with Crippen LogP contribution < -0.4 is 14.2 Å². The maximum Gasteiger partial charge on any atom is 0.355 e. The van der Waals surface area contributed by atoms with E-state index in [0.717, 1.165) is 0 Å². The van der Waals surface area contributed by atoms with Crippen LogP contribution in [-0.4, -0.2) is 38.4 Å². The van der Waals surface area contributed by atoms with Crippen LogP contribution >= 0.6 is 23.2 Å². The first-order valence-corrected chi connectivity index (χ1v) is 9.25. The Morgan fingerprint density at radius 1 is 1.15 bits per heavy atom. The molecule has 0 aliphatic heterocycles. The van der Waals surface area contributed by atoms with Crippen LogP contribution in [0.25, 0.3) is 0 Å². The highest BCUT2D eigenvalue weighted by molar-refractivity contribution is 7.93. The number of nitrogens with one attached hydrogen (secondary N) is 1. The van der Waals surface area contributed by atoms with Crippen LogP contribution in [0.5, 0.6) is 11.8 Å². The zero-order valence-corrected chi connectivity index (χ0v) is 15.7. The number of sulfonamides is 1. The highest BCUT2D eigenvalue weighted by Gasteiger charge is 2.28. The van der Waals surface area contributed by atoms with E-state index < -0.39 is 21.2 Å². The monoisotopic (exact) mass is 427 g/mol. The standard InChI is InChI=1S/C14H13Cl2F2N3O4S/c1-24-9-6-10(25-2)20-13(19-9)11(16)7-4-3-5-8(15)12(7)21-26(22,23)14(17)18/h3-6,11,14,21H,1-2H3. The Labute approximate surface area is 158 Å². The van der Waals surface area contributed by atoms with Crippen molar-refractivity contribution in [3.63, 3.8) is 0 Å². The summed E-state index contributed by atoms with van der Waals surface area (Å²) in [5.74, 6) is -3.35. The number of hydrogen-bond donors (Lipinski definition) is 1. The van der Waals surface area contributed by atoms with Gasteiger partial charge in [-0.2, -0.15) is 18.7 Å². The lowest BCUT2D eigenvalue weighted by atomic mass is 10.1. The van der Waals surface area contributed by atoms with E-state index in [0.29, 0.717) is 0 Å². The highest BCUT2D eigenvalue weighted by atomic mass is 35.5. The molecule has 0 fully saturated rings. The zero-order valence-electron chi connectivity index (χ0n) is 13.4. The first-order valence-electron chi connectivity index (χ1n) is 6.88. The van der Waals surface area contributed by atoms with Gasteiger partial charge in [0.25, 0.3) is 10.0 Å². The molecule has 2 aromatic rings. The fourth-order valence-electron chi connectivity index (χ4n) is 1.93. The summed E-state index contributed by atoms with van der Waals surface area (Å²) >= 11 is 12.3. The largest absolute Gasteiger partial charge is 0.481 e. The molecular formula is C14H13Cl2F2N3O4S. The summed E-state index contributed by atoms with van der Waals surface area (Å²) in [7, 11) is -2.21. The second-order valence-corrected chi connectivity index (χ2v) is 7.28. The molecule has 1 aromatic carbocycles. The lowest BCUT2D eigenvalue weighted by Crippen LogP contribution is -2.22. The summed E-state index contributed by atoms with van der Waals surface area (Å²) in [5.41, 5.74) is -0.210. The molecule has 2 rings (SSSR count). The van der Waals surface area contributed by atoms with Crippen LogP contribution in [0.15, 0.2) is 24.3 Å². The molecule has 0 spiro atoms. The molecule has 142 valence electrons. The Morgan fingerprint density at radius 2 is 1.73 bits per heavy atom. The first-order chi connectivity index (χ1) is 12.2. The Hall–Kier alpha value is -1.91. The number of rotatable bonds is 7. The van der Waals surface area contributed by atoms with E-state index in [1.807, 2.05) is 0 Å². The molecule has 1 aromatic heterocycles. The molecule has 12 heteroatoms. The van der Waals surface area contributed by atoms with Crippen LogP contribution in [0.2, 0.25) is 5.02 Å². The molecule has 26 heavy (non-hydrogen) atoms. The Bertz CT molecular complexity index is 878. The van der Waals surface area contributed by atoms with E-state index in [4.69, 9.17) is 32.7 Å². The average molecular weight is 428 g/mol. The van der Waals surface area contributed by atoms with Gasteiger partial charge in [0.1, 0.15) is 5.38 Å². The number of benzene rings is 1. The minimum Gasteiger partial charge on any atom is -0.481 e. The van der Waals surface area contributed by atoms with Crippen LogP contribution in [-0.2, 0) is 10.0 Å². The topological polar surface area (TPSA) is 90.4 Å². The number of methoxy groups -OCH3 is 2. The molecule has 0 aliphatic carbocycles. The van der Waals surface area contributed by atoms with E-state index in [1.54, 1.807) is 4.72 Å². The van der Waals surface area contributed by atoms with Gasteiger partial charge in [-0.15, -0.1) is 11.6 Å². The number of ether oxygens (including phenoxy) is 2. The normalized spacial score (nSPS) is 12.7. The molecule has 7 nitrogen and oxygen atoms in total. The number of para-hydroxylation sites is 1. The SMILES string of the molecule is COc1cc(OC)nc(C(Cl)c2cccc(Cl)c2NS(=O)(=O)C(F)F)n1. The van der Waals surface area contributed by atoms with Gasteiger partial charge in [-0.3, -0.25) is 4.72 Å². The van der Waals surface area contributed by atoms with Crippen molar-refractivity contribution < 1.29 is 26.7 Å². The van der Waals surface area contributed by atoms with Gasteiger partial charge >= 0.3 is 5.76 Å². The maximum atomic E-state index is 12.7. The minimum absolute atomic E-state index is 0.00243. The Morgan fingerprint density at radius 3 is 2.23 bits per heavy atom. The molecule has 0 aliphatic rings. The quantitative estimate of drug-likeness (QED) is 0.680. The predicted octanol–water partition coefficient (Wildman–Crippen LogP) is 3.44. The summed E-state index contributed by atoms with van der Waals surface area (Å²) in [4.78, 5) is 8.13. The summed E-state index contributed by atoms with van der Waals surface area (Å²) in [6.45, 7) is 0. The van der Waals surface area contributed by atoms with Crippen LogP contribution in [0, 0.1) is 0 Å². The fraction of sp³-hybridized carbons (Fsp3) is 0.286. The van der Waals surface area contributed by atoms with Gasteiger partial charge in [0, 0.05) is 5.56 Å². The number of aromatic nitrogens is 2. The summed E-state index contributed by atoms with van der Waals surface area (Å²) in [6.07, 6.45) is 0. The molecule has 0 amide bonds. The summed E-state index contributed by atoms with van der Waals surface area (Å²) in [5, 5.41) is -1.25. The third-order valence-electron chi connectivity index (χ3n) is 3.14. The number of nitrogens with zero attached hydrogens (tertiary/aromatic N) is 2. The number of alkyl halides is 3. The minimum atomic E-state index is -4.95. The number of anilines is 1. The molecule has 1 N–H and O–H groups in total. The van der Waals surface area contributed by atoms with Gasteiger partial charge in [-0.05, 0) is 6.07 Å². The van der Waals surface area contributed by atoms with Crippen molar-refractivity contribution in [1.29, 1.82) is 0 Å². The van der Waals surface area contributed by atoms with Gasteiger partial charge in [-0.1, -0.05) is 23.7 Å². The summed E-state index contributed by atoms with van der Waals surface area (Å²) in [6, 6.07) is 5.61. The first kappa shape index (κ1) is 20.4. The van der Waals surface area contributed by atoms with E-state index in [2.05, 4.69) is 9.97 Å². The van der Waals surface area contributed by atoms with Crippen molar-refractivity contribution in [1.82, 2.24) is 9.97 Å². The van der Waals surface area contributed by atoms with Crippen molar-refractivity contribution >= 4 is 38.9 Å². The van der Waals surface area contributed by atoms with Crippen molar-refractivity contribution in [2.24, 2.45) is 0 Å². The lowest BCUT2D eigenvalue weighted by Gasteiger charge is -2.17. The molecule has 0 radical (unpaired) electrons. The fourth-order valence-corrected chi connectivity index (χ4v) is 3.10. The Kier molecular flexibility index (Phi) is 6.43. The van der Waals surface area contributed by atoms with E-state index >= 15 is 0 Å². The molecule has 0 saturated heterocycles. The molecule has 1 heterocycles. The average Bonchev–Trinajstić information content (AvgIpc) is 2.62. The number of hydrogen-bond acceptors (Lipinski definition) is 6. The van der Waals surface area contributed by atoms with E-state index in [1.165, 1.54) is 38.5 Å². The molecular weight excluding hydrogens is 415 g/mol.